The molecular formula is C82H82N2. The number of aryl methyl sites for hydroxylation is 2. The molecule has 11 aromatic rings. The molecule has 2 heteroatoms. The lowest BCUT2D eigenvalue weighted by Crippen LogP contribution is -2.25. The molecule has 0 aliphatic heterocycles. The highest BCUT2D eigenvalue weighted by molar-refractivity contribution is 6.11. The molecule has 2 aliphatic carbocycles. The predicted molar refractivity (Wildman–Crippen MR) is 361 cm³/mol. The first-order valence-electron chi connectivity index (χ1n) is 31.9. The maximum absolute atomic E-state index is 2.63. The molecule has 84 heavy (non-hydrogen) atoms. The Bertz CT molecular complexity index is 4140. The molecular weight excluding hydrogens is 1010 g/mol. The maximum atomic E-state index is 2.63. The van der Waals surface area contributed by atoms with Gasteiger partial charge in [0.2, 0.25) is 0 Å². The van der Waals surface area contributed by atoms with Gasteiger partial charge in [0.25, 0.3) is 0 Å². The number of rotatable bonds is 21. The Kier molecular flexibility index (Phi) is 15.4. The molecule has 0 N–H and O–H groups in total. The van der Waals surface area contributed by atoms with Crippen LogP contribution in [0.15, 0.2) is 218 Å². The van der Waals surface area contributed by atoms with Crippen molar-refractivity contribution in [2.45, 2.75) is 142 Å². The molecule has 0 amide bonds. The van der Waals surface area contributed by atoms with Crippen LogP contribution in [-0.4, -0.2) is 4.57 Å². The Morgan fingerprint density at radius 2 is 0.810 bits per heavy atom. The van der Waals surface area contributed by atoms with E-state index in [-0.39, 0.29) is 10.8 Å². The molecule has 10 aromatic carbocycles. The number of nitrogens with zero attached hydrogens (tertiary/aromatic N) is 2. The number of hydrogen-bond donors (Lipinski definition) is 0. The van der Waals surface area contributed by atoms with Gasteiger partial charge in [-0.3, -0.25) is 0 Å². The van der Waals surface area contributed by atoms with Gasteiger partial charge in [0.1, 0.15) is 0 Å². The van der Waals surface area contributed by atoms with Crippen LogP contribution in [0.3, 0.4) is 0 Å². The van der Waals surface area contributed by atoms with Crippen LogP contribution in [0.5, 0.6) is 0 Å². The van der Waals surface area contributed by atoms with Crippen LogP contribution in [0.25, 0.3) is 83.1 Å². The molecule has 420 valence electrons. The molecule has 1 aromatic heterocycles. The summed E-state index contributed by atoms with van der Waals surface area (Å²) in [5, 5.41) is 2.59. The number of hydrogen-bond acceptors (Lipinski definition) is 1. The smallest absolute Gasteiger partial charge is 0.0541 e. The lowest BCUT2D eigenvalue weighted by Gasteiger charge is -2.33. The van der Waals surface area contributed by atoms with Crippen molar-refractivity contribution in [1.82, 2.24) is 4.57 Å². The SMILES string of the molecule is CCCCCCCCC1(CCCCCCCC)c2cc(C)ccc2-c2ccc(-c3ccc4c(c3)c3cc(C)ccc3n4-c3ccc(-c4ccc(N(c5cccc(-c6ccccc6)c5)c5ccc6c(c5)C(C)(C)c5ccccc5-6)cc4)cc3)cc21. The molecule has 0 bridgehead atoms. The summed E-state index contributed by atoms with van der Waals surface area (Å²) >= 11 is 0. The van der Waals surface area contributed by atoms with Gasteiger partial charge in [-0.15, -0.1) is 0 Å². The van der Waals surface area contributed by atoms with E-state index < -0.39 is 0 Å². The minimum Gasteiger partial charge on any atom is -0.310 e. The van der Waals surface area contributed by atoms with Crippen LogP contribution in [0.2, 0.25) is 0 Å². The summed E-state index contributed by atoms with van der Waals surface area (Å²) in [7, 11) is 0. The average Bonchev–Trinajstić information content (AvgIpc) is 3.04. The van der Waals surface area contributed by atoms with E-state index in [1.165, 1.54) is 190 Å². The third-order valence-electron chi connectivity index (χ3n) is 19.3. The van der Waals surface area contributed by atoms with Crippen molar-refractivity contribution in [3.63, 3.8) is 0 Å². The van der Waals surface area contributed by atoms with Crippen molar-refractivity contribution in [2.75, 3.05) is 4.90 Å². The molecule has 13 rings (SSSR count). The lowest BCUT2D eigenvalue weighted by atomic mass is 9.70. The Labute approximate surface area is 500 Å². The number of anilines is 3. The summed E-state index contributed by atoms with van der Waals surface area (Å²) in [6.07, 6.45) is 18.3. The second-order valence-electron chi connectivity index (χ2n) is 25.3. The highest BCUT2D eigenvalue weighted by atomic mass is 15.1. The minimum atomic E-state index is -0.111. The van der Waals surface area contributed by atoms with E-state index in [0.717, 1.165) is 22.7 Å². The van der Waals surface area contributed by atoms with E-state index in [0.29, 0.717) is 0 Å². The first-order chi connectivity index (χ1) is 41.1. The maximum Gasteiger partial charge on any atom is 0.0541 e. The zero-order chi connectivity index (χ0) is 57.4. The van der Waals surface area contributed by atoms with Crippen LogP contribution in [-0.2, 0) is 10.8 Å². The molecule has 0 fully saturated rings. The van der Waals surface area contributed by atoms with Crippen molar-refractivity contribution >= 4 is 38.9 Å². The second-order valence-corrected chi connectivity index (χ2v) is 25.3. The Morgan fingerprint density at radius 3 is 1.54 bits per heavy atom. The number of aromatic nitrogens is 1. The van der Waals surface area contributed by atoms with Crippen LogP contribution in [0, 0.1) is 13.8 Å². The number of unbranched alkanes of at least 4 members (excludes halogenated alkanes) is 10. The van der Waals surface area contributed by atoms with E-state index in [4.69, 9.17) is 0 Å². The van der Waals surface area contributed by atoms with Crippen molar-refractivity contribution in [3.8, 4) is 61.3 Å². The fourth-order valence-corrected chi connectivity index (χ4v) is 14.8. The first-order valence-corrected chi connectivity index (χ1v) is 31.9. The Balaban J connectivity index is 0.827. The van der Waals surface area contributed by atoms with Gasteiger partial charge in [0.05, 0.1) is 11.0 Å². The van der Waals surface area contributed by atoms with E-state index in [9.17, 15) is 0 Å². The summed E-state index contributed by atoms with van der Waals surface area (Å²) in [4.78, 5) is 2.43. The highest BCUT2D eigenvalue weighted by Gasteiger charge is 2.43. The summed E-state index contributed by atoms with van der Waals surface area (Å²) in [6, 6.07) is 83.2. The quantitative estimate of drug-likeness (QED) is 0.0651. The van der Waals surface area contributed by atoms with Crippen LogP contribution in [0.4, 0.5) is 17.1 Å². The third-order valence-corrected chi connectivity index (χ3v) is 19.3. The molecule has 2 nitrogen and oxygen atoms in total. The second kappa shape index (κ2) is 23.5. The molecule has 0 saturated heterocycles. The summed E-state index contributed by atoms with van der Waals surface area (Å²) in [5.74, 6) is 0. The fourth-order valence-electron chi connectivity index (χ4n) is 14.8. The standard InChI is InChI=1S/C82H82N2/c1-7-9-11-13-15-22-49-82(50-23-16-14-12-10-8-2)77-52-58(4)31-44-71(77)72-45-37-64(55-78(72)82)63-38-48-80-74(54-63)73-51-57(3)32-47-79(73)84(80)66-41-35-61(36-42-66)60-33-39-65(40-34-60)83(67-28-24-27-62(53-67)59-25-18-17-19-26-59)68-43-46-70-69-29-20-21-30-75(69)81(5,6)76(70)56-68/h17-21,24-48,51-56H,7-16,22-23,49-50H2,1-6H3. The van der Waals surface area contributed by atoms with Gasteiger partial charge in [-0.2, -0.15) is 0 Å². The van der Waals surface area contributed by atoms with E-state index in [1.807, 2.05) is 0 Å². The van der Waals surface area contributed by atoms with Crippen LogP contribution in [0.1, 0.15) is 151 Å². The summed E-state index contributed by atoms with van der Waals surface area (Å²) in [5.41, 5.74) is 28.5. The molecule has 1 heterocycles. The molecule has 0 saturated carbocycles. The van der Waals surface area contributed by atoms with Crippen molar-refractivity contribution in [1.29, 1.82) is 0 Å². The number of benzene rings is 10. The molecule has 2 aliphatic rings. The highest BCUT2D eigenvalue weighted by Crippen LogP contribution is 2.56. The summed E-state index contributed by atoms with van der Waals surface area (Å²) in [6.45, 7) is 13.9. The van der Waals surface area contributed by atoms with Crippen molar-refractivity contribution < 1.29 is 0 Å². The zero-order valence-electron chi connectivity index (χ0n) is 50.6. The van der Waals surface area contributed by atoms with E-state index in [2.05, 4.69) is 269 Å². The van der Waals surface area contributed by atoms with Crippen LogP contribution < -0.4 is 4.90 Å². The fraction of sp³-hybridized carbons (Fsp3) is 0.268. The lowest BCUT2D eigenvalue weighted by molar-refractivity contribution is 0.398. The molecule has 0 radical (unpaired) electrons. The van der Waals surface area contributed by atoms with E-state index >= 15 is 0 Å². The van der Waals surface area contributed by atoms with Gasteiger partial charge < -0.3 is 9.47 Å². The molecule has 0 unspecified atom stereocenters. The normalized spacial score (nSPS) is 13.5. The third kappa shape index (κ3) is 10.2. The molecule has 0 spiro atoms. The molecule has 0 atom stereocenters. The average molecular weight is 1100 g/mol. The van der Waals surface area contributed by atoms with Gasteiger partial charge in [0, 0.05) is 44.4 Å². The predicted octanol–water partition coefficient (Wildman–Crippen LogP) is 23.9. The summed E-state index contributed by atoms with van der Waals surface area (Å²) < 4.78 is 2.48. The zero-order valence-corrected chi connectivity index (χ0v) is 50.6. The van der Waals surface area contributed by atoms with Crippen molar-refractivity contribution in [3.05, 3.63) is 252 Å². The Morgan fingerprint density at radius 1 is 0.333 bits per heavy atom. The van der Waals surface area contributed by atoms with Gasteiger partial charge in [-0.1, -0.05) is 255 Å². The van der Waals surface area contributed by atoms with Crippen LogP contribution >= 0.6 is 0 Å². The van der Waals surface area contributed by atoms with E-state index in [1.54, 1.807) is 11.1 Å². The van der Waals surface area contributed by atoms with Crippen molar-refractivity contribution in [2.24, 2.45) is 0 Å². The topological polar surface area (TPSA) is 8.17 Å². The largest absolute Gasteiger partial charge is 0.310 e. The van der Waals surface area contributed by atoms with Gasteiger partial charge in [0.15, 0.2) is 0 Å². The Hall–Kier alpha value is -8.20. The van der Waals surface area contributed by atoms with Gasteiger partial charge in [-0.25, -0.2) is 0 Å². The van der Waals surface area contributed by atoms with Gasteiger partial charge >= 0.3 is 0 Å². The minimum absolute atomic E-state index is 0.0392. The monoisotopic (exact) mass is 1090 g/mol. The van der Waals surface area contributed by atoms with Gasteiger partial charge in [-0.05, 0) is 183 Å². The first kappa shape index (κ1) is 55.0. The number of fused-ring (bicyclic) bond motifs is 9.